The second-order valence-electron chi connectivity index (χ2n) is 5.00. The summed E-state index contributed by atoms with van der Waals surface area (Å²) in [5.41, 5.74) is 0.778. The minimum Gasteiger partial charge on any atom is -0.336 e. The van der Waals surface area contributed by atoms with E-state index >= 15 is 0 Å². The van der Waals surface area contributed by atoms with Gasteiger partial charge in [-0.2, -0.15) is 0 Å². The Balaban J connectivity index is 2.18. The van der Waals surface area contributed by atoms with Crippen LogP contribution in [0.25, 0.3) is 0 Å². The molecule has 0 N–H and O–H groups in total. The number of hydrogen-bond acceptors (Lipinski definition) is 1. The summed E-state index contributed by atoms with van der Waals surface area (Å²) in [4.78, 5) is 14.4. The summed E-state index contributed by atoms with van der Waals surface area (Å²) in [5, 5.41) is 0. The van der Waals surface area contributed by atoms with Gasteiger partial charge in [0.15, 0.2) is 0 Å². The Hall–Kier alpha value is -0.830. The lowest BCUT2D eigenvalue weighted by Gasteiger charge is -2.36. The third kappa shape index (κ3) is 2.89. The number of amides is 1. The van der Waals surface area contributed by atoms with Crippen LogP contribution < -0.4 is 0 Å². The Morgan fingerprint density at radius 2 is 2.12 bits per heavy atom. The van der Waals surface area contributed by atoms with E-state index in [0.29, 0.717) is 12.0 Å². The number of rotatable bonds is 1. The molecule has 1 fully saturated rings. The lowest BCUT2D eigenvalue weighted by atomic mass is 9.94. The molecule has 0 aromatic heterocycles. The molecule has 1 aliphatic rings. The third-order valence-electron chi connectivity index (χ3n) is 3.45. The number of benzene rings is 1. The summed E-state index contributed by atoms with van der Waals surface area (Å²) >= 11 is 3.41. The van der Waals surface area contributed by atoms with E-state index in [4.69, 9.17) is 0 Å². The minimum absolute atomic E-state index is 0.158. The van der Waals surface area contributed by atoms with Crippen LogP contribution in [0.15, 0.2) is 28.7 Å². The van der Waals surface area contributed by atoms with Crippen LogP contribution >= 0.6 is 15.9 Å². The molecule has 1 saturated heterocycles. The smallest absolute Gasteiger partial charge is 0.254 e. The predicted molar refractivity (Wildman–Crippen MR) is 73.0 cm³/mol. The van der Waals surface area contributed by atoms with Crippen LogP contribution in [-0.4, -0.2) is 23.4 Å². The number of carbonyl (C=O) groups excluding carboxylic acids is 1. The van der Waals surface area contributed by atoms with Gasteiger partial charge in [-0.05, 0) is 43.9 Å². The molecule has 17 heavy (non-hydrogen) atoms. The molecular formula is C14H18BrNO. The van der Waals surface area contributed by atoms with Gasteiger partial charge < -0.3 is 4.90 Å². The quantitative estimate of drug-likeness (QED) is 0.773. The number of piperidine rings is 1. The van der Waals surface area contributed by atoms with Crippen molar-refractivity contribution in [3.63, 3.8) is 0 Å². The van der Waals surface area contributed by atoms with Crippen LogP contribution in [0.5, 0.6) is 0 Å². The lowest BCUT2D eigenvalue weighted by Crippen LogP contribution is -2.44. The Labute approximate surface area is 111 Å². The van der Waals surface area contributed by atoms with Crippen molar-refractivity contribution in [2.24, 2.45) is 5.92 Å². The highest BCUT2D eigenvalue weighted by Crippen LogP contribution is 2.24. The van der Waals surface area contributed by atoms with Crippen molar-refractivity contribution in [3.8, 4) is 0 Å². The van der Waals surface area contributed by atoms with Gasteiger partial charge in [0.25, 0.3) is 5.91 Å². The van der Waals surface area contributed by atoms with Gasteiger partial charge >= 0.3 is 0 Å². The summed E-state index contributed by atoms with van der Waals surface area (Å²) in [6, 6.07) is 8.00. The van der Waals surface area contributed by atoms with Crippen LogP contribution in [0.3, 0.4) is 0 Å². The van der Waals surface area contributed by atoms with Gasteiger partial charge in [-0.1, -0.05) is 28.9 Å². The Kier molecular flexibility index (Phi) is 3.87. The first-order valence-electron chi connectivity index (χ1n) is 6.14. The summed E-state index contributed by atoms with van der Waals surface area (Å²) in [5.74, 6) is 0.771. The van der Waals surface area contributed by atoms with E-state index in [9.17, 15) is 4.79 Å². The van der Waals surface area contributed by atoms with E-state index in [0.717, 1.165) is 23.0 Å². The zero-order valence-corrected chi connectivity index (χ0v) is 11.9. The van der Waals surface area contributed by atoms with Gasteiger partial charge in [0.05, 0.1) is 0 Å². The van der Waals surface area contributed by atoms with Gasteiger partial charge in [-0.15, -0.1) is 0 Å². The largest absolute Gasteiger partial charge is 0.336 e. The molecule has 2 atom stereocenters. The highest BCUT2D eigenvalue weighted by Gasteiger charge is 2.27. The number of carbonyl (C=O) groups is 1. The van der Waals surface area contributed by atoms with E-state index in [1.54, 1.807) is 0 Å². The number of hydrogen-bond donors (Lipinski definition) is 0. The molecule has 0 bridgehead atoms. The fourth-order valence-corrected chi connectivity index (χ4v) is 2.76. The maximum Gasteiger partial charge on any atom is 0.254 e. The van der Waals surface area contributed by atoms with E-state index < -0.39 is 0 Å². The molecule has 1 aromatic rings. The van der Waals surface area contributed by atoms with Crippen molar-refractivity contribution in [1.82, 2.24) is 4.90 Å². The van der Waals surface area contributed by atoms with Crippen molar-refractivity contribution in [3.05, 3.63) is 34.3 Å². The van der Waals surface area contributed by atoms with Crippen molar-refractivity contribution < 1.29 is 4.79 Å². The molecule has 0 radical (unpaired) electrons. The second-order valence-corrected chi connectivity index (χ2v) is 5.92. The van der Waals surface area contributed by atoms with E-state index in [-0.39, 0.29) is 5.91 Å². The van der Waals surface area contributed by atoms with Crippen LogP contribution in [-0.2, 0) is 0 Å². The molecular weight excluding hydrogens is 278 g/mol. The Morgan fingerprint density at radius 3 is 2.82 bits per heavy atom. The number of likely N-dealkylation sites (tertiary alicyclic amines) is 1. The maximum atomic E-state index is 12.4. The molecule has 92 valence electrons. The van der Waals surface area contributed by atoms with Crippen LogP contribution in [0.1, 0.15) is 37.0 Å². The standard InChI is InChI=1S/C14H18BrNO/c1-10-6-7-11(2)16(9-10)14(17)12-4-3-5-13(15)8-12/h3-5,8,10-11H,6-7,9H2,1-2H3. The topological polar surface area (TPSA) is 20.3 Å². The van der Waals surface area contributed by atoms with Crippen LogP contribution in [0.2, 0.25) is 0 Å². The molecule has 2 nitrogen and oxygen atoms in total. The molecule has 1 aliphatic heterocycles. The first kappa shape index (κ1) is 12.6. The molecule has 3 heteroatoms. The molecule has 0 aliphatic carbocycles. The molecule has 2 rings (SSSR count). The molecule has 0 spiro atoms. The van der Waals surface area contributed by atoms with Crippen LogP contribution in [0, 0.1) is 5.92 Å². The summed E-state index contributed by atoms with van der Waals surface area (Å²) < 4.78 is 0.959. The highest BCUT2D eigenvalue weighted by molar-refractivity contribution is 9.10. The number of halogens is 1. The molecule has 1 heterocycles. The highest BCUT2D eigenvalue weighted by atomic mass is 79.9. The van der Waals surface area contributed by atoms with Crippen molar-refractivity contribution in [2.75, 3.05) is 6.54 Å². The van der Waals surface area contributed by atoms with Crippen molar-refractivity contribution in [1.29, 1.82) is 0 Å². The lowest BCUT2D eigenvalue weighted by molar-refractivity contribution is 0.0574. The number of nitrogens with zero attached hydrogens (tertiary/aromatic N) is 1. The van der Waals surface area contributed by atoms with E-state index in [2.05, 4.69) is 29.8 Å². The molecule has 2 unspecified atom stereocenters. The normalized spacial score (nSPS) is 24.8. The van der Waals surface area contributed by atoms with Crippen molar-refractivity contribution in [2.45, 2.75) is 32.7 Å². The third-order valence-corrected chi connectivity index (χ3v) is 3.94. The zero-order chi connectivity index (χ0) is 12.4. The van der Waals surface area contributed by atoms with Gasteiger partial charge in [-0.25, -0.2) is 0 Å². The van der Waals surface area contributed by atoms with E-state index in [1.807, 2.05) is 29.2 Å². The fourth-order valence-electron chi connectivity index (χ4n) is 2.36. The maximum absolute atomic E-state index is 12.4. The molecule has 1 amide bonds. The first-order valence-corrected chi connectivity index (χ1v) is 6.93. The summed E-state index contributed by atoms with van der Waals surface area (Å²) in [7, 11) is 0. The monoisotopic (exact) mass is 295 g/mol. The Morgan fingerprint density at radius 1 is 1.35 bits per heavy atom. The Bertz CT molecular complexity index is 418. The summed E-state index contributed by atoms with van der Waals surface area (Å²) in [6.45, 7) is 5.24. The second kappa shape index (κ2) is 5.21. The average molecular weight is 296 g/mol. The van der Waals surface area contributed by atoms with Gasteiger partial charge in [-0.3, -0.25) is 4.79 Å². The predicted octanol–water partition coefficient (Wildman–Crippen LogP) is 3.71. The van der Waals surface area contributed by atoms with Crippen molar-refractivity contribution >= 4 is 21.8 Å². The fraction of sp³-hybridized carbons (Fsp3) is 0.500. The average Bonchev–Trinajstić information content (AvgIpc) is 2.31. The SMILES string of the molecule is CC1CCC(C)N(C(=O)c2cccc(Br)c2)C1. The first-order chi connectivity index (χ1) is 8.08. The summed E-state index contributed by atoms with van der Waals surface area (Å²) in [6.07, 6.45) is 2.34. The van der Waals surface area contributed by atoms with Gasteiger partial charge in [0, 0.05) is 22.6 Å². The minimum atomic E-state index is 0.158. The van der Waals surface area contributed by atoms with Crippen LogP contribution in [0.4, 0.5) is 0 Å². The molecule has 1 aromatic carbocycles. The van der Waals surface area contributed by atoms with Gasteiger partial charge in [0.2, 0.25) is 0 Å². The van der Waals surface area contributed by atoms with E-state index in [1.165, 1.54) is 6.42 Å². The molecule has 0 saturated carbocycles. The van der Waals surface area contributed by atoms with Gasteiger partial charge in [0.1, 0.15) is 0 Å². The zero-order valence-electron chi connectivity index (χ0n) is 10.3.